The van der Waals surface area contributed by atoms with Gasteiger partial charge in [-0.15, -0.1) is 0 Å². The third kappa shape index (κ3) is 2.15. The molecule has 1 aliphatic rings. The number of amides is 1. The van der Waals surface area contributed by atoms with Crippen molar-refractivity contribution in [3.8, 4) is 0 Å². The van der Waals surface area contributed by atoms with Crippen molar-refractivity contribution >= 4 is 11.9 Å². The van der Waals surface area contributed by atoms with Crippen LogP contribution >= 0.6 is 0 Å². The number of fused-ring (bicyclic) bond motifs is 1. The first-order valence-corrected chi connectivity index (χ1v) is 5.62. The quantitative estimate of drug-likeness (QED) is 0.851. The Morgan fingerprint density at radius 1 is 1.53 bits per heavy atom. The Morgan fingerprint density at radius 3 is 2.94 bits per heavy atom. The van der Waals surface area contributed by atoms with E-state index >= 15 is 0 Å². The zero-order valence-corrected chi connectivity index (χ0v) is 9.60. The van der Waals surface area contributed by atoms with Crippen molar-refractivity contribution in [3.63, 3.8) is 0 Å². The van der Waals surface area contributed by atoms with Gasteiger partial charge in [0.2, 0.25) is 11.7 Å². The van der Waals surface area contributed by atoms with E-state index in [1.54, 1.807) is 4.90 Å². The summed E-state index contributed by atoms with van der Waals surface area (Å²) in [6, 6.07) is 0. The van der Waals surface area contributed by atoms with Crippen LogP contribution in [-0.4, -0.2) is 33.6 Å². The molecule has 6 nitrogen and oxygen atoms in total. The maximum atomic E-state index is 11.7. The Bertz CT molecular complexity index is 452. The molecular formula is C11H14N2O4. The fourth-order valence-electron chi connectivity index (χ4n) is 1.97. The summed E-state index contributed by atoms with van der Waals surface area (Å²) in [6.07, 6.45) is 1.84. The summed E-state index contributed by atoms with van der Waals surface area (Å²) in [5.74, 6) is -1.23. The smallest absolute Gasteiger partial charge is 0.375 e. The van der Waals surface area contributed by atoms with Crippen molar-refractivity contribution in [3.05, 3.63) is 17.0 Å². The summed E-state index contributed by atoms with van der Waals surface area (Å²) in [5.41, 5.74) is 1.19. The molecule has 92 valence electrons. The van der Waals surface area contributed by atoms with Crippen molar-refractivity contribution in [2.45, 2.75) is 32.7 Å². The molecule has 0 fully saturated rings. The van der Waals surface area contributed by atoms with Gasteiger partial charge in [-0.2, -0.15) is 0 Å². The van der Waals surface area contributed by atoms with Crippen LogP contribution in [0.5, 0.6) is 0 Å². The molecule has 0 bridgehead atoms. The van der Waals surface area contributed by atoms with Gasteiger partial charge in [-0.25, -0.2) is 4.79 Å². The molecule has 1 aliphatic heterocycles. The number of hydrogen-bond donors (Lipinski definition) is 1. The lowest BCUT2D eigenvalue weighted by Crippen LogP contribution is -2.36. The van der Waals surface area contributed by atoms with Crippen LogP contribution in [0, 0.1) is 0 Å². The number of hydrogen-bond acceptors (Lipinski definition) is 4. The molecule has 0 atom stereocenters. The van der Waals surface area contributed by atoms with E-state index in [1.807, 2.05) is 6.92 Å². The maximum absolute atomic E-state index is 11.7. The summed E-state index contributed by atoms with van der Waals surface area (Å²) < 4.78 is 4.78. The Hall–Kier alpha value is -1.85. The number of carboxylic acid groups (broad SMARTS) is 1. The third-order valence-electron chi connectivity index (χ3n) is 2.85. The van der Waals surface area contributed by atoms with E-state index in [4.69, 9.17) is 9.63 Å². The van der Waals surface area contributed by atoms with E-state index in [0.29, 0.717) is 37.2 Å². The summed E-state index contributed by atoms with van der Waals surface area (Å²) in [5, 5.41) is 12.6. The van der Waals surface area contributed by atoms with Gasteiger partial charge in [0.25, 0.3) is 0 Å². The highest BCUT2D eigenvalue weighted by atomic mass is 16.5. The number of aromatic carboxylic acids is 1. The average molecular weight is 238 g/mol. The number of carboxylic acids is 1. The summed E-state index contributed by atoms with van der Waals surface area (Å²) >= 11 is 0. The Labute approximate surface area is 98.2 Å². The second-order valence-corrected chi connectivity index (χ2v) is 4.06. The molecule has 0 saturated heterocycles. The topological polar surface area (TPSA) is 83.6 Å². The minimum atomic E-state index is -1.14. The molecule has 0 spiro atoms. The minimum Gasteiger partial charge on any atom is -0.475 e. The number of nitrogens with zero attached hydrogens (tertiary/aromatic N) is 2. The Kier molecular flexibility index (Phi) is 3.12. The zero-order chi connectivity index (χ0) is 12.4. The van der Waals surface area contributed by atoms with Crippen molar-refractivity contribution in [1.82, 2.24) is 10.1 Å². The summed E-state index contributed by atoms with van der Waals surface area (Å²) in [7, 11) is 0. The van der Waals surface area contributed by atoms with Crippen molar-refractivity contribution in [2.24, 2.45) is 0 Å². The Morgan fingerprint density at radius 2 is 2.29 bits per heavy atom. The van der Waals surface area contributed by atoms with E-state index < -0.39 is 5.97 Å². The fourth-order valence-corrected chi connectivity index (χ4v) is 1.97. The van der Waals surface area contributed by atoms with Crippen LogP contribution in [0.1, 0.15) is 41.6 Å². The molecule has 6 heteroatoms. The molecular weight excluding hydrogens is 224 g/mol. The molecule has 1 aromatic rings. The molecule has 2 heterocycles. The van der Waals surface area contributed by atoms with Gasteiger partial charge >= 0.3 is 5.97 Å². The standard InChI is InChI=1S/C11H14N2O4/c1-2-3-9(14)13-5-4-8-7(6-13)10(11(15)16)17-12-8/h2-6H2,1H3,(H,15,16). The Balaban J connectivity index is 2.19. The van der Waals surface area contributed by atoms with Crippen LogP contribution in [0.4, 0.5) is 0 Å². The molecule has 0 aliphatic carbocycles. The monoisotopic (exact) mass is 238 g/mol. The van der Waals surface area contributed by atoms with Gasteiger partial charge < -0.3 is 14.5 Å². The van der Waals surface area contributed by atoms with Crippen molar-refractivity contribution < 1.29 is 19.2 Å². The summed E-state index contributed by atoms with van der Waals surface area (Å²) in [6.45, 7) is 2.81. The second kappa shape index (κ2) is 4.57. The highest BCUT2D eigenvalue weighted by molar-refractivity contribution is 5.86. The second-order valence-electron chi connectivity index (χ2n) is 4.06. The van der Waals surface area contributed by atoms with Crippen LogP contribution in [0.15, 0.2) is 4.52 Å². The first-order valence-electron chi connectivity index (χ1n) is 5.62. The number of aromatic nitrogens is 1. The average Bonchev–Trinajstić information content (AvgIpc) is 2.71. The van der Waals surface area contributed by atoms with E-state index in [1.165, 1.54) is 0 Å². The summed E-state index contributed by atoms with van der Waals surface area (Å²) in [4.78, 5) is 24.3. The first-order chi connectivity index (χ1) is 8.13. The minimum absolute atomic E-state index is 0.0516. The van der Waals surface area contributed by atoms with Gasteiger partial charge in [0, 0.05) is 24.9 Å². The maximum Gasteiger partial charge on any atom is 0.375 e. The predicted molar refractivity (Wildman–Crippen MR) is 57.5 cm³/mol. The van der Waals surface area contributed by atoms with Gasteiger partial charge in [0.1, 0.15) is 0 Å². The number of carbonyl (C=O) groups excluding carboxylic acids is 1. The van der Waals surface area contributed by atoms with E-state index in [0.717, 1.165) is 6.42 Å². The van der Waals surface area contributed by atoms with E-state index in [9.17, 15) is 9.59 Å². The van der Waals surface area contributed by atoms with Gasteiger partial charge in [-0.05, 0) is 6.42 Å². The van der Waals surface area contributed by atoms with Crippen molar-refractivity contribution in [2.75, 3.05) is 6.54 Å². The fraction of sp³-hybridized carbons (Fsp3) is 0.545. The molecule has 1 aromatic heterocycles. The van der Waals surface area contributed by atoms with Crippen molar-refractivity contribution in [1.29, 1.82) is 0 Å². The van der Waals surface area contributed by atoms with Crippen LogP contribution in [0.2, 0.25) is 0 Å². The van der Waals surface area contributed by atoms with Crippen LogP contribution in [0.3, 0.4) is 0 Å². The van der Waals surface area contributed by atoms with Crippen LogP contribution < -0.4 is 0 Å². The molecule has 1 N–H and O–H groups in total. The molecule has 0 aromatic carbocycles. The van der Waals surface area contributed by atoms with E-state index in [-0.39, 0.29) is 11.7 Å². The molecule has 0 unspecified atom stereocenters. The number of rotatable bonds is 3. The third-order valence-corrected chi connectivity index (χ3v) is 2.85. The lowest BCUT2D eigenvalue weighted by atomic mass is 10.1. The first kappa shape index (κ1) is 11.6. The van der Waals surface area contributed by atoms with Crippen LogP contribution in [0.25, 0.3) is 0 Å². The highest BCUT2D eigenvalue weighted by Crippen LogP contribution is 2.22. The van der Waals surface area contributed by atoms with Gasteiger partial charge in [0.05, 0.1) is 12.2 Å². The lowest BCUT2D eigenvalue weighted by Gasteiger charge is -2.25. The van der Waals surface area contributed by atoms with Gasteiger partial charge in [-0.3, -0.25) is 4.79 Å². The van der Waals surface area contributed by atoms with Gasteiger partial charge in [0.15, 0.2) is 0 Å². The predicted octanol–water partition coefficient (Wildman–Crippen LogP) is 1.06. The van der Waals surface area contributed by atoms with Crippen LogP contribution in [-0.2, 0) is 17.8 Å². The zero-order valence-electron chi connectivity index (χ0n) is 9.60. The van der Waals surface area contributed by atoms with E-state index in [2.05, 4.69) is 5.16 Å². The lowest BCUT2D eigenvalue weighted by molar-refractivity contribution is -0.132. The molecule has 2 rings (SSSR count). The highest BCUT2D eigenvalue weighted by Gasteiger charge is 2.28. The molecule has 0 saturated carbocycles. The molecule has 0 radical (unpaired) electrons. The number of carbonyl (C=O) groups is 2. The normalized spacial score (nSPS) is 14.5. The van der Waals surface area contributed by atoms with Gasteiger partial charge in [-0.1, -0.05) is 12.1 Å². The molecule has 17 heavy (non-hydrogen) atoms. The SMILES string of the molecule is CCCC(=O)N1CCc2noc(C(=O)O)c2C1. The largest absolute Gasteiger partial charge is 0.475 e. The molecule has 1 amide bonds.